The highest BCUT2D eigenvalue weighted by molar-refractivity contribution is 5.99. The minimum absolute atomic E-state index is 0.159. The van der Waals surface area contributed by atoms with E-state index in [0.717, 1.165) is 16.3 Å². The standard InChI is InChI=1S/C36H41N7O3/c1-2-31(42-36(37)38)32-35(46)43(23-30(25-12-5-3-6-13-25)34(45)41-28-15-7-4-8-16-28)20-19-29(40-32)22-39-33(44)27-18-17-24-11-9-10-14-26(24)21-27/h3-18,21,29-32,40H,2,19-20,22-23H2,1H3,(H,39,44)(H,41,45)(H4,37,38,42)/t29-,30?,31?,32-/m0/s1. The Morgan fingerprint density at radius 3 is 2.33 bits per heavy atom. The number of para-hydroxylation sites is 1. The van der Waals surface area contributed by atoms with E-state index in [1.54, 1.807) is 11.0 Å². The summed E-state index contributed by atoms with van der Waals surface area (Å²) in [5.74, 6) is -1.48. The highest BCUT2D eigenvalue weighted by Gasteiger charge is 2.38. The second-order valence-corrected chi connectivity index (χ2v) is 11.6. The first-order valence-electron chi connectivity index (χ1n) is 15.7. The van der Waals surface area contributed by atoms with Crippen molar-refractivity contribution in [2.24, 2.45) is 5.73 Å². The van der Waals surface area contributed by atoms with Crippen molar-refractivity contribution in [3.63, 3.8) is 0 Å². The van der Waals surface area contributed by atoms with Gasteiger partial charge >= 0.3 is 0 Å². The zero-order chi connectivity index (χ0) is 32.5. The van der Waals surface area contributed by atoms with E-state index < -0.39 is 18.0 Å². The summed E-state index contributed by atoms with van der Waals surface area (Å²) in [6, 6.07) is 30.7. The van der Waals surface area contributed by atoms with Crippen LogP contribution in [0, 0.1) is 5.41 Å². The third-order valence-electron chi connectivity index (χ3n) is 8.41. The molecule has 5 rings (SSSR count). The summed E-state index contributed by atoms with van der Waals surface area (Å²) in [5, 5.41) is 22.3. The maximum absolute atomic E-state index is 14.2. The Balaban J connectivity index is 1.35. The molecule has 7 N–H and O–H groups in total. The van der Waals surface area contributed by atoms with Gasteiger partial charge in [0.2, 0.25) is 11.8 Å². The first-order valence-corrected chi connectivity index (χ1v) is 15.7. The first-order chi connectivity index (χ1) is 22.3. The summed E-state index contributed by atoms with van der Waals surface area (Å²) in [4.78, 5) is 42.8. The van der Waals surface area contributed by atoms with E-state index >= 15 is 0 Å². The van der Waals surface area contributed by atoms with Gasteiger partial charge in [-0.2, -0.15) is 0 Å². The Bertz CT molecular complexity index is 1660. The third-order valence-corrected chi connectivity index (χ3v) is 8.41. The molecular formula is C36H41N7O3. The van der Waals surface area contributed by atoms with Crippen LogP contribution in [0.15, 0.2) is 103 Å². The van der Waals surface area contributed by atoms with Gasteiger partial charge in [-0.05, 0) is 53.4 Å². The second kappa shape index (κ2) is 15.2. The molecule has 4 aromatic rings. The quantitative estimate of drug-likeness (QED) is 0.111. The molecule has 1 aliphatic rings. The van der Waals surface area contributed by atoms with E-state index in [4.69, 9.17) is 11.1 Å². The van der Waals surface area contributed by atoms with Crippen LogP contribution in [0.1, 0.15) is 41.6 Å². The Hall–Kier alpha value is -5.22. The largest absolute Gasteiger partial charge is 0.370 e. The maximum Gasteiger partial charge on any atom is 0.251 e. The van der Waals surface area contributed by atoms with Gasteiger partial charge in [0, 0.05) is 36.9 Å². The SMILES string of the molecule is CCC(NC(=N)N)[C@@H]1N[C@H](CNC(=O)c2ccc3ccccc3c2)CCN(CC(C(=O)Nc2ccccc2)c2ccccc2)C1=O. The van der Waals surface area contributed by atoms with Crippen LogP contribution in [-0.4, -0.2) is 66.3 Å². The number of fused-ring (bicyclic) bond motifs is 1. The highest BCUT2D eigenvalue weighted by atomic mass is 16.2. The van der Waals surface area contributed by atoms with Crippen LogP contribution in [0.3, 0.4) is 0 Å². The summed E-state index contributed by atoms with van der Waals surface area (Å²) in [6.45, 7) is 2.74. The number of anilines is 1. The van der Waals surface area contributed by atoms with Crippen LogP contribution in [0.5, 0.6) is 0 Å². The molecule has 3 amide bonds. The van der Waals surface area contributed by atoms with Crippen LogP contribution in [0.25, 0.3) is 10.8 Å². The second-order valence-electron chi connectivity index (χ2n) is 11.6. The molecule has 0 spiro atoms. The molecule has 0 aromatic heterocycles. The zero-order valence-electron chi connectivity index (χ0n) is 25.9. The number of nitrogens with zero attached hydrogens (tertiary/aromatic N) is 1. The van der Waals surface area contributed by atoms with E-state index in [1.807, 2.05) is 104 Å². The molecule has 1 heterocycles. The van der Waals surface area contributed by atoms with Crippen LogP contribution in [0.4, 0.5) is 5.69 Å². The van der Waals surface area contributed by atoms with Crippen molar-refractivity contribution in [2.45, 2.75) is 43.8 Å². The van der Waals surface area contributed by atoms with E-state index in [2.05, 4.69) is 21.3 Å². The average molecular weight is 620 g/mol. The fraction of sp³-hybridized carbons (Fsp3) is 0.278. The predicted molar refractivity (Wildman–Crippen MR) is 182 cm³/mol. The van der Waals surface area contributed by atoms with Gasteiger partial charge in [-0.25, -0.2) is 0 Å². The van der Waals surface area contributed by atoms with E-state index in [0.29, 0.717) is 30.6 Å². The smallest absolute Gasteiger partial charge is 0.251 e. The molecule has 0 radical (unpaired) electrons. The molecule has 4 aromatic carbocycles. The van der Waals surface area contributed by atoms with Crippen LogP contribution >= 0.6 is 0 Å². The lowest BCUT2D eigenvalue weighted by Crippen LogP contribution is -2.60. The number of nitrogens with two attached hydrogens (primary N) is 1. The summed E-state index contributed by atoms with van der Waals surface area (Å²) in [6.07, 6.45) is 1.06. The monoisotopic (exact) mass is 619 g/mol. The summed E-state index contributed by atoms with van der Waals surface area (Å²) in [5.41, 5.74) is 7.74. The van der Waals surface area contributed by atoms with Gasteiger partial charge in [-0.1, -0.05) is 85.8 Å². The number of rotatable bonds is 11. The van der Waals surface area contributed by atoms with Gasteiger partial charge in [-0.15, -0.1) is 0 Å². The number of hydrogen-bond donors (Lipinski definition) is 6. The number of carbonyl (C=O) groups is 3. The van der Waals surface area contributed by atoms with Crippen molar-refractivity contribution >= 4 is 40.1 Å². The average Bonchev–Trinajstić information content (AvgIpc) is 3.23. The molecule has 1 saturated heterocycles. The van der Waals surface area contributed by atoms with Crippen LogP contribution < -0.4 is 27.0 Å². The van der Waals surface area contributed by atoms with Crippen molar-refractivity contribution < 1.29 is 14.4 Å². The zero-order valence-corrected chi connectivity index (χ0v) is 25.9. The molecule has 238 valence electrons. The minimum atomic E-state index is -0.743. The number of amides is 3. The van der Waals surface area contributed by atoms with Crippen molar-refractivity contribution in [1.82, 2.24) is 20.9 Å². The fourth-order valence-corrected chi connectivity index (χ4v) is 5.92. The predicted octanol–water partition coefficient (Wildman–Crippen LogP) is 3.81. The normalized spacial score (nSPS) is 17.8. The van der Waals surface area contributed by atoms with Gasteiger partial charge in [0.15, 0.2) is 5.96 Å². The Morgan fingerprint density at radius 2 is 1.63 bits per heavy atom. The third kappa shape index (κ3) is 8.08. The van der Waals surface area contributed by atoms with Gasteiger partial charge in [0.25, 0.3) is 5.91 Å². The highest BCUT2D eigenvalue weighted by Crippen LogP contribution is 2.23. The number of nitrogens with one attached hydrogen (secondary N) is 5. The molecule has 10 nitrogen and oxygen atoms in total. The van der Waals surface area contributed by atoms with Crippen molar-refractivity contribution in [2.75, 3.05) is 25.0 Å². The van der Waals surface area contributed by atoms with Gasteiger partial charge in [0.1, 0.15) is 6.04 Å². The van der Waals surface area contributed by atoms with E-state index in [-0.39, 0.29) is 42.8 Å². The Morgan fingerprint density at radius 1 is 0.957 bits per heavy atom. The van der Waals surface area contributed by atoms with Crippen molar-refractivity contribution in [3.05, 3.63) is 114 Å². The topological polar surface area (TPSA) is 152 Å². The van der Waals surface area contributed by atoms with E-state index in [1.165, 1.54) is 0 Å². The maximum atomic E-state index is 14.2. The molecule has 46 heavy (non-hydrogen) atoms. The number of guanidine groups is 1. The first kappa shape index (κ1) is 32.2. The molecule has 4 atom stereocenters. The van der Waals surface area contributed by atoms with Gasteiger partial charge < -0.3 is 26.6 Å². The molecule has 2 unspecified atom stereocenters. The Labute approximate surface area is 269 Å². The number of carbonyl (C=O) groups excluding carboxylic acids is 3. The van der Waals surface area contributed by atoms with Gasteiger partial charge in [0.05, 0.1) is 12.0 Å². The van der Waals surface area contributed by atoms with Crippen molar-refractivity contribution in [1.29, 1.82) is 5.41 Å². The number of hydrogen-bond acceptors (Lipinski definition) is 5. The van der Waals surface area contributed by atoms with Crippen LogP contribution in [0.2, 0.25) is 0 Å². The minimum Gasteiger partial charge on any atom is -0.370 e. The molecule has 0 bridgehead atoms. The van der Waals surface area contributed by atoms with E-state index in [9.17, 15) is 14.4 Å². The molecule has 10 heteroatoms. The van der Waals surface area contributed by atoms with Gasteiger partial charge in [-0.3, -0.25) is 25.1 Å². The van der Waals surface area contributed by atoms with Crippen molar-refractivity contribution in [3.8, 4) is 0 Å². The molecule has 1 fully saturated rings. The Kier molecular flexibility index (Phi) is 10.6. The lowest BCUT2D eigenvalue weighted by atomic mass is 9.96. The number of benzene rings is 4. The molecule has 0 saturated carbocycles. The molecule has 1 aliphatic heterocycles. The lowest BCUT2D eigenvalue weighted by molar-refractivity contribution is -0.134. The lowest BCUT2D eigenvalue weighted by Gasteiger charge is -2.32. The van der Waals surface area contributed by atoms with Crippen LogP contribution in [-0.2, 0) is 9.59 Å². The summed E-state index contributed by atoms with van der Waals surface area (Å²) < 4.78 is 0. The summed E-state index contributed by atoms with van der Waals surface area (Å²) >= 11 is 0. The molecular weight excluding hydrogens is 578 g/mol. The molecule has 0 aliphatic carbocycles. The summed E-state index contributed by atoms with van der Waals surface area (Å²) in [7, 11) is 0. The fourth-order valence-electron chi connectivity index (χ4n) is 5.92.